The maximum atomic E-state index is 12.7. The second-order valence-corrected chi connectivity index (χ2v) is 13.1. The molecule has 1 amide bonds. The van der Waals surface area contributed by atoms with Crippen LogP contribution in [0.15, 0.2) is 48.5 Å². The largest absolute Gasteiger partial charge is 0.488 e. The van der Waals surface area contributed by atoms with Crippen LogP contribution in [0.4, 0.5) is 10.6 Å². The van der Waals surface area contributed by atoms with Gasteiger partial charge in [-0.2, -0.15) is 0 Å². The molecular formula is C35H43N3O6. The van der Waals surface area contributed by atoms with Gasteiger partial charge in [-0.1, -0.05) is 30.3 Å². The highest BCUT2D eigenvalue weighted by Crippen LogP contribution is 2.41. The van der Waals surface area contributed by atoms with Gasteiger partial charge in [-0.3, -0.25) is 9.69 Å². The van der Waals surface area contributed by atoms with Crippen molar-refractivity contribution in [2.75, 3.05) is 25.2 Å². The number of benzene rings is 2. The molecule has 0 unspecified atom stereocenters. The maximum Gasteiger partial charge on any atom is 0.410 e. The first-order valence-corrected chi connectivity index (χ1v) is 15.1. The van der Waals surface area contributed by atoms with Crippen molar-refractivity contribution in [1.29, 1.82) is 0 Å². The molecule has 1 N–H and O–H groups in total. The topological polar surface area (TPSA) is 101 Å². The van der Waals surface area contributed by atoms with Gasteiger partial charge in [-0.25, -0.2) is 9.78 Å². The first-order chi connectivity index (χ1) is 20.8. The van der Waals surface area contributed by atoms with Gasteiger partial charge >= 0.3 is 12.1 Å². The molecule has 9 heteroatoms. The lowest BCUT2D eigenvalue weighted by molar-refractivity contribution is -0.148. The summed E-state index contributed by atoms with van der Waals surface area (Å²) in [5.41, 5.74) is 5.54. The number of rotatable bonds is 8. The minimum absolute atomic E-state index is 0.295. The monoisotopic (exact) mass is 601 g/mol. The smallest absolute Gasteiger partial charge is 0.410 e. The van der Waals surface area contributed by atoms with Gasteiger partial charge in [0.1, 0.15) is 23.8 Å². The van der Waals surface area contributed by atoms with Crippen molar-refractivity contribution < 1.29 is 28.9 Å². The van der Waals surface area contributed by atoms with Crippen molar-refractivity contribution in [1.82, 2.24) is 9.88 Å². The van der Waals surface area contributed by atoms with Crippen LogP contribution < -0.4 is 9.64 Å². The van der Waals surface area contributed by atoms with Crippen molar-refractivity contribution in [2.24, 2.45) is 5.41 Å². The number of amides is 1. The fraction of sp³-hybridized carbons (Fsp3) is 0.457. The number of carbonyl (C=O) groups excluding carboxylic acids is 1. The molecule has 2 aliphatic heterocycles. The Morgan fingerprint density at radius 1 is 1.07 bits per heavy atom. The van der Waals surface area contributed by atoms with Gasteiger partial charge in [0.15, 0.2) is 0 Å². The van der Waals surface area contributed by atoms with Crippen molar-refractivity contribution in [3.05, 3.63) is 76.3 Å². The third-order valence-corrected chi connectivity index (χ3v) is 8.68. The average Bonchev–Trinajstić information content (AvgIpc) is 3.54. The molecule has 0 saturated carbocycles. The van der Waals surface area contributed by atoms with Gasteiger partial charge in [-0.15, -0.1) is 0 Å². The zero-order valence-electron chi connectivity index (χ0n) is 26.8. The Kier molecular flexibility index (Phi) is 8.62. The third kappa shape index (κ3) is 6.24. The molecule has 3 heterocycles. The van der Waals surface area contributed by atoms with Crippen LogP contribution >= 0.6 is 0 Å². The predicted molar refractivity (Wildman–Crippen MR) is 169 cm³/mol. The number of anilines is 1. The third-order valence-electron chi connectivity index (χ3n) is 8.68. The van der Waals surface area contributed by atoms with Crippen LogP contribution in [0.5, 0.6) is 5.75 Å². The van der Waals surface area contributed by atoms with Gasteiger partial charge in [0, 0.05) is 32.3 Å². The Bertz CT molecular complexity index is 1560. The van der Waals surface area contributed by atoms with Gasteiger partial charge in [0.05, 0.1) is 23.8 Å². The molecule has 0 bridgehead atoms. The number of carboxylic acids is 1. The predicted octanol–water partition coefficient (Wildman–Crippen LogP) is 6.51. The van der Waals surface area contributed by atoms with E-state index in [0.29, 0.717) is 45.1 Å². The number of para-hydroxylation sites is 1. The molecule has 0 spiro atoms. The van der Waals surface area contributed by atoms with E-state index in [0.717, 1.165) is 44.8 Å². The standard InChI is InChI=1S/C35H43N3O6/c1-22-10-8-11-26(28-12-9-13-30(36-28)38-15-14-35(6,32(39)40)29(38)21-42-7)31(22)43-20-24-16-23(2)27-19-37(18-25(27)17-24)33(41)44-34(3,4)5/h8-13,16-17,29H,14-15,18-21H2,1-7H3,(H,39,40)/t29-,35-/m1/s1. The number of carbonyl (C=O) groups is 2. The lowest BCUT2D eigenvalue weighted by Gasteiger charge is -2.32. The quantitative estimate of drug-likeness (QED) is 0.312. The van der Waals surface area contributed by atoms with Crippen LogP contribution in [-0.2, 0) is 34.0 Å². The number of aliphatic carboxylic acids is 1. The normalized spacial score (nSPS) is 19.7. The number of ether oxygens (including phenoxy) is 3. The van der Waals surface area contributed by atoms with Gasteiger partial charge < -0.3 is 24.2 Å². The van der Waals surface area contributed by atoms with E-state index in [4.69, 9.17) is 19.2 Å². The van der Waals surface area contributed by atoms with Crippen LogP contribution in [0.3, 0.4) is 0 Å². The Morgan fingerprint density at radius 3 is 2.52 bits per heavy atom. The molecule has 3 aromatic rings. The Balaban J connectivity index is 1.37. The van der Waals surface area contributed by atoms with Crippen molar-refractivity contribution in [2.45, 2.75) is 79.3 Å². The number of hydrogen-bond donors (Lipinski definition) is 1. The first kappa shape index (κ1) is 31.3. The summed E-state index contributed by atoms with van der Waals surface area (Å²) in [6.45, 7) is 13.8. The summed E-state index contributed by atoms with van der Waals surface area (Å²) in [5, 5.41) is 9.99. The molecule has 1 saturated heterocycles. The summed E-state index contributed by atoms with van der Waals surface area (Å²) in [4.78, 5) is 33.7. The summed E-state index contributed by atoms with van der Waals surface area (Å²) < 4.78 is 17.5. The Morgan fingerprint density at radius 2 is 1.82 bits per heavy atom. The fourth-order valence-electron chi connectivity index (χ4n) is 6.24. The number of hydrogen-bond acceptors (Lipinski definition) is 7. The minimum Gasteiger partial charge on any atom is -0.488 e. The highest BCUT2D eigenvalue weighted by atomic mass is 16.6. The molecule has 234 valence electrons. The number of aromatic nitrogens is 1. The molecule has 9 nitrogen and oxygen atoms in total. The molecule has 1 aromatic heterocycles. The summed E-state index contributed by atoms with van der Waals surface area (Å²) >= 11 is 0. The summed E-state index contributed by atoms with van der Waals surface area (Å²) in [6, 6.07) is 15.7. The fourth-order valence-corrected chi connectivity index (χ4v) is 6.24. The summed E-state index contributed by atoms with van der Waals surface area (Å²) in [6.07, 6.45) is 0.205. The van der Waals surface area contributed by atoms with E-state index in [1.807, 2.05) is 69.0 Å². The van der Waals surface area contributed by atoms with Crippen LogP contribution in [0.2, 0.25) is 0 Å². The summed E-state index contributed by atoms with van der Waals surface area (Å²) in [7, 11) is 1.60. The van der Waals surface area contributed by atoms with Crippen LogP contribution in [0.25, 0.3) is 11.3 Å². The molecule has 2 aromatic carbocycles. The first-order valence-electron chi connectivity index (χ1n) is 15.1. The van der Waals surface area contributed by atoms with Crippen LogP contribution in [0, 0.1) is 19.3 Å². The highest BCUT2D eigenvalue weighted by molar-refractivity contribution is 5.78. The second kappa shape index (κ2) is 12.1. The van der Waals surface area contributed by atoms with Crippen LogP contribution in [-0.4, -0.2) is 59.0 Å². The second-order valence-electron chi connectivity index (χ2n) is 13.1. The van der Waals surface area contributed by atoms with E-state index in [1.165, 1.54) is 0 Å². The number of carboxylic acid groups (broad SMARTS) is 1. The van der Waals surface area contributed by atoms with E-state index in [9.17, 15) is 14.7 Å². The molecule has 44 heavy (non-hydrogen) atoms. The summed E-state index contributed by atoms with van der Waals surface area (Å²) in [5.74, 6) is 0.633. The van der Waals surface area contributed by atoms with E-state index < -0.39 is 17.0 Å². The molecule has 5 rings (SSSR count). The van der Waals surface area contributed by atoms with E-state index in [1.54, 1.807) is 18.9 Å². The Hall–Kier alpha value is -4.11. The van der Waals surface area contributed by atoms with Gasteiger partial charge in [0.25, 0.3) is 0 Å². The lowest BCUT2D eigenvalue weighted by atomic mass is 9.83. The van der Waals surface area contributed by atoms with Crippen molar-refractivity contribution >= 4 is 17.9 Å². The zero-order chi connectivity index (χ0) is 31.8. The Labute approximate surface area is 259 Å². The van der Waals surface area contributed by atoms with Crippen molar-refractivity contribution in [3.63, 3.8) is 0 Å². The van der Waals surface area contributed by atoms with Gasteiger partial charge in [0.2, 0.25) is 0 Å². The molecule has 0 radical (unpaired) electrons. The van der Waals surface area contributed by atoms with E-state index in [-0.39, 0.29) is 12.1 Å². The SMILES string of the molecule is COC[C@H]1N(c2cccc(-c3cccc(C)c3OCc3cc(C)c4c(c3)CN(C(=O)OC(C)(C)C)C4)n2)CC[C@@]1(C)C(=O)O. The van der Waals surface area contributed by atoms with E-state index in [2.05, 4.69) is 19.1 Å². The van der Waals surface area contributed by atoms with Crippen LogP contribution in [0.1, 0.15) is 61.9 Å². The molecule has 0 aliphatic carbocycles. The molecular weight excluding hydrogens is 558 g/mol. The number of methoxy groups -OCH3 is 1. The molecule has 2 atom stereocenters. The van der Waals surface area contributed by atoms with E-state index >= 15 is 0 Å². The number of pyridine rings is 1. The van der Waals surface area contributed by atoms with Gasteiger partial charge in [-0.05, 0) is 94.0 Å². The van der Waals surface area contributed by atoms with Crippen molar-refractivity contribution in [3.8, 4) is 17.0 Å². The average molecular weight is 602 g/mol. The molecule has 2 aliphatic rings. The minimum atomic E-state index is -0.927. The molecule has 1 fully saturated rings. The lowest BCUT2D eigenvalue weighted by Crippen LogP contribution is -2.46. The number of aryl methyl sites for hydroxylation is 2. The number of nitrogens with zero attached hydrogens (tertiary/aromatic N) is 3. The zero-order valence-corrected chi connectivity index (χ0v) is 26.8. The maximum absolute atomic E-state index is 12.7. The number of fused-ring (bicyclic) bond motifs is 1. The highest BCUT2D eigenvalue weighted by Gasteiger charge is 2.50.